The summed E-state index contributed by atoms with van der Waals surface area (Å²) >= 11 is 0. The van der Waals surface area contributed by atoms with Crippen LogP contribution in [0.25, 0.3) is 0 Å². The average Bonchev–Trinajstić information content (AvgIpc) is 2.01. The lowest BCUT2D eigenvalue weighted by molar-refractivity contribution is 0.136. The minimum absolute atomic E-state index is 0. The molecule has 0 saturated carbocycles. The van der Waals surface area contributed by atoms with Crippen molar-refractivity contribution in [1.82, 2.24) is 9.80 Å². The molecule has 1 heterocycles. The van der Waals surface area contributed by atoms with Crippen molar-refractivity contribution >= 4 is 24.8 Å². The molecule has 0 radical (unpaired) electrons. The van der Waals surface area contributed by atoms with Gasteiger partial charge in [-0.05, 0) is 51.9 Å². The molecule has 1 saturated heterocycles. The third-order valence-electron chi connectivity index (χ3n) is 3.02. The molecule has 1 fully saturated rings. The zero-order chi connectivity index (χ0) is 10.6. The maximum absolute atomic E-state index is 2.64. The largest absolute Gasteiger partial charge is 0.309 e. The molecule has 0 bridgehead atoms. The van der Waals surface area contributed by atoms with E-state index in [9.17, 15) is 0 Å². The quantitative estimate of drug-likeness (QED) is 0.775. The Morgan fingerprint density at radius 1 is 1.06 bits per heavy atom. The van der Waals surface area contributed by atoms with Gasteiger partial charge in [-0.25, -0.2) is 0 Å². The lowest BCUT2D eigenvalue weighted by atomic mass is 9.92. The third-order valence-corrected chi connectivity index (χ3v) is 3.02. The van der Waals surface area contributed by atoms with Crippen molar-refractivity contribution in [2.45, 2.75) is 26.7 Å². The van der Waals surface area contributed by atoms with Gasteiger partial charge in [0.1, 0.15) is 0 Å². The van der Waals surface area contributed by atoms with Gasteiger partial charge in [-0.2, -0.15) is 0 Å². The molecule has 16 heavy (non-hydrogen) atoms. The van der Waals surface area contributed by atoms with Gasteiger partial charge >= 0.3 is 0 Å². The van der Waals surface area contributed by atoms with Gasteiger partial charge in [0, 0.05) is 13.1 Å². The zero-order valence-corrected chi connectivity index (χ0v) is 12.7. The molecular formula is C12H28Cl2N2. The summed E-state index contributed by atoms with van der Waals surface area (Å²) in [5.41, 5.74) is 0. The van der Waals surface area contributed by atoms with Gasteiger partial charge in [0.15, 0.2) is 0 Å². The second-order valence-electron chi connectivity index (χ2n) is 5.36. The van der Waals surface area contributed by atoms with Crippen LogP contribution in [0, 0.1) is 11.8 Å². The molecule has 0 amide bonds. The summed E-state index contributed by atoms with van der Waals surface area (Å²) in [6.07, 6.45) is 2.73. The van der Waals surface area contributed by atoms with E-state index in [0.29, 0.717) is 0 Å². The molecule has 0 aromatic rings. The predicted molar refractivity (Wildman–Crippen MR) is 77.1 cm³/mol. The van der Waals surface area contributed by atoms with E-state index in [4.69, 9.17) is 0 Å². The maximum atomic E-state index is 2.64. The predicted octanol–water partition coefficient (Wildman–Crippen LogP) is 2.76. The number of rotatable bonds is 4. The Kier molecular flexibility index (Phi) is 11.2. The molecular weight excluding hydrogens is 243 g/mol. The van der Waals surface area contributed by atoms with Gasteiger partial charge in [-0.15, -0.1) is 24.8 Å². The summed E-state index contributed by atoms with van der Waals surface area (Å²) in [5.74, 6) is 1.80. The summed E-state index contributed by atoms with van der Waals surface area (Å²) in [5, 5.41) is 0. The Labute approximate surface area is 114 Å². The highest BCUT2D eigenvalue weighted by molar-refractivity contribution is 5.85. The van der Waals surface area contributed by atoms with Gasteiger partial charge in [0.25, 0.3) is 0 Å². The van der Waals surface area contributed by atoms with E-state index < -0.39 is 0 Å². The molecule has 2 unspecified atom stereocenters. The Bertz CT molecular complexity index is 155. The van der Waals surface area contributed by atoms with E-state index in [1.54, 1.807) is 0 Å². The molecule has 1 aliphatic rings. The Hall–Kier alpha value is 0.500. The fourth-order valence-electron chi connectivity index (χ4n) is 2.59. The molecule has 0 aromatic heterocycles. The standard InChI is InChI=1S/C12H26N2.2ClH/c1-11-8-12(2)10-14(9-11)7-5-6-13(3)4;;/h11-12H,5-10H2,1-4H3;2*1H. The molecule has 2 atom stereocenters. The molecule has 0 N–H and O–H groups in total. The molecule has 1 aliphatic heterocycles. The minimum atomic E-state index is 0. The molecule has 0 aliphatic carbocycles. The smallest absolute Gasteiger partial charge is 0.000725 e. The molecule has 1 rings (SSSR count). The lowest BCUT2D eigenvalue weighted by Crippen LogP contribution is -2.39. The summed E-state index contributed by atoms with van der Waals surface area (Å²) in [6.45, 7) is 9.91. The van der Waals surface area contributed by atoms with E-state index in [1.165, 1.54) is 39.0 Å². The van der Waals surface area contributed by atoms with E-state index >= 15 is 0 Å². The highest BCUT2D eigenvalue weighted by Gasteiger charge is 2.20. The van der Waals surface area contributed by atoms with Crippen LogP contribution in [0.15, 0.2) is 0 Å². The van der Waals surface area contributed by atoms with Crippen molar-refractivity contribution in [3.63, 3.8) is 0 Å². The highest BCUT2D eigenvalue weighted by atomic mass is 35.5. The monoisotopic (exact) mass is 270 g/mol. The molecule has 2 nitrogen and oxygen atoms in total. The average molecular weight is 271 g/mol. The second kappa shape index (κ2) is 9.52. The first kappa shape index (κ1) is 18.9. The topological polar surface area (TPSA) is 6.48 Å². The Morgan fingerprint density at radius 2 is 1.56 bits per heavy atom. The first-order chi connectivity index (χ1) is 6.58. The maximum Gasteiger partial charge on any atom is 0.000725 e. The number of hydrogen-bond acceptors (Lipinski definition) is 2. The summed E-state index contributed by atoms with van der Waals surface area (Å²) in [4.78, 5) is 4.92. The van der Waals surface area contributed by atoms with Crippen molar-refractivity contribution in [2.75, 3.05) is 40.3 Å². The van der Waals surface area contributed by atoms with Gasteiger partial charge in [0.2, 0.25) is 0 Å². The van der Waals surface area contributed by atoms with Crippen LogP contribution in [0.3, 0.4) is 0 Å². The van der Waals surface area contributed by atoms with Crippen molar-refractivity contribution in [2.24, 2.45) is 11.8 Å². The Balaban J connectivity index is 0. The van der Waals surface area contributed by atoms with Gasteiger partial charge in [0.05, 0.1) is 0 Å². The van der Waals surface area contributed by atoms with Crippen LogP contribution in [0.2, 0.25) is 0 Å². The number of nitrogens with zero attached hydrogens (tertiary/aromatic N) is 2. The fourth-order valence-corrected chi connectivity index (χ4v) is 2.59. The number of halogens is 2. The lowest BCUT2D eigenvalue weighted by Gasteiger charge is -2.35. The fraction of sp³-hybridized carbons (Fsp3) is 1.00. The van der Waals surface area contributed by atoms with Crippen molar-refractivity contribution in [1.29, 1.82) is 0 Å². The SMILES string of the molecule is CC1CC(C)CN(CCCN(C)C)C1.Cl.Cl. The molecule has 100 valence electrons. The van der Waals surface area contributed by atoms with Gasteiger partial charge in [-0.3, -0.25) is 0 Å². The van der Waals surface area contributed by atoms with E-state index in [-0.39, 0.29) is 24.8 Å². The normalized spacial score (nSPS) is 26.1. The van der Waals surface area contributed by atoms with Crippen LogP contribution in [0.5, 0.6) is 0 Å². The third kappa shape index (κ3) is 7.72. The van der Waals surface area contributed by atoms with Crippen molar-refractivity contribution in [3.05, 3.63) is 0 Å². The summed E-state index contributed by atoms with van der Waals surface area (Å²) in [7, 11) is 4.31. The first-order valence-electron chi connectivity index (χ1n) is 5.95. The van der Waals surface area contributed by atoms with Crippen molar-refractivity contribution < 1.29 is 0 Å². The van der Waals surface area contributed by atoms with Crippen LogP contribution in [-0.4, -0.2) is 50.1 Å². The number of piperidine rings is 1. The van der Waals surface area contributed by atoms with Crippen LogP contribution in [0.1, 0.15) is 26.7 Å². The molecule has 0 spiro atoms. The van der Waals surface area contributed by atoms with Gasteiger partial charge in [-0.1, -0.05) is 13.8 Å². The summed E-state index contributed by atoms with van der Waals surface area (Å²) < 4.78 is 0. The van der Waals surface area contributed by atoms with Crippen LogP contribution >= 0.6 is 24.8 Å². The number of likely N-dealkylation sites (tertiary alicyclic amines) is 1. The highest BCUT2D eigenvalue weighted by Crippen LogP contribution is 2.20. The first-order valence-corrected chi connectivity index (χ1v) is 5.95. The van der Waals surface area contributed by atoms with E-state index in [2.05, 4.69) is 37.7 Å². The Morgan fingerprint density at radius 3 is 2.00 bits per heavy atom. The molecule has 4 heteroatoms. The van der Waals surface area contributed by atoms with E-state index in [1.807, 2.05) is 0 Å². The molecule has 0 aromatic carbocycles. The second-order valence-corrected chi connectivity index (χ2v) is 5.36. The van der Waals surface area contributed by atoms with Crippen LogP contribution in [-0.2, 0) is 0 Å². The number of hydrogen-bond donors (Lipinski definition) is 0. The van der Waals surface area contributed by atoms with E-state index in [0.717, 1.165) is 11.8 Å². The summed E-state index contributed by atoms with van der Waals surface area (Å²) in [6, 6.07) is 0. The minimum Gasteiger partial charge on any atom is -0.309 e. The zero-order valence-electron chi connectivity index (χ0n) is 11.1. The van der Waals surface area contributed by atoms with Gasteiger partial charge < -0.3 is 9.80 Å². The van der Waals surface area contributed by atoms with Crippen molar-refractivity contribution in [3.8, 4) is 0 Å². The van der Waals surface area contributed by atoms with Crippen LogP contribution < -0.4 is 0 Å². The van der Waals surface area contributed by atoms with Crippen LogP contribution in [0.4, 0.5) is 0 Å².